The van der Waals surface area contributed by atoms with Crippen molar-refractivity contribution in [2.75, 3.05) is 6.61 Å². The Morgan fingerprint density at radius 3 is 2.50 bits per heavy atom. The number of aliphatic hydroxyl groups is 1. The van der Waals surface area contributed by atoms with Crippen LogP contribution in [-0.4, -0.2) is 11.7 Å². The molecule has 0 aromatic carbocycles. The first-order chi connectivity index (χ1) is 14.3. The van der Waals surface area contributed by atoms with Crippen molar-refractivity contribution in [2.24, 2.45) is 40.4 Å². The zero-order valence-corrected chi connectivity index (χ0v) is 20.6. The molecule has 0 bridgehead atoms. The molecule has 0 spiro atoms. The largest absolute Gasteiger partial charge is 0.396 e. The molecule has 4 aliphatic carbocycles. The van der Waals surface area contributed by atoms with E-state index in [1.54, 1.807) is 5.57 Å². The fraction of sp³-hybridized carbons (Fsp3) is 0.862. The predicted molar refractivity (Wildman–Crippen MR) is 128 cm³/mol. The third kappa shape index (κ3) is 3.76. The lowest BCUT2D eigenvalue weighted by Crippen LogP contribution is -2.41. The van der Waals surface area contributed by atoms with Crippen LogP contribution < -0.4 is 0 Å². The van der Waals surface area contributed by atoms with Crippen molar-refractivity contribution in [3.05, 3.63) is 22.8 Å². The molecule has 0 saturated heterocycles. The van der Waals surface area contributed by atoms with Crippen LogP contribution in [0.3, 0.4) is 0 Å². The fourth-order valence-corrected chi connectivity index (χ4v) is 8.44. The highest BCUT2D eigenvalue weighted by molar-refractivity contribution is 5.49. The second-order valence-corrected chi connectivity index (χ2v) is 12.3. The van der Waals surface area contributed by atoms with Gasteiger partial charge >= 0.3 is 0 Å². The van der Waals surface area contributed by atoms with Crippen LogP contribution in [0.2, 0.25) is 0 Å². The van der Waals surface area contributed by atoms with Gasteiger partial charge in [0, 0.05) is 6.61 Å². The van der Waals surface area contributed by atoms with Crippen LogP contribution in [0.1, 0.15) is 112 Å². The highest BCUT2D eigenvalue weighted by Gasteiger charge is 2.52. The van der Waals surface area contributed by atoms with Crippen molar-refractivity contribution in [1.29, 1.82) is 0 Å². The molecule has 4 aliphatic rings. The van der Waals surface area contributed by atoms with E-state index >= 15 is 0 Å². The minimum absolute atomic E-state index is 0.348. The summed E-state index contributed by atoms with van der Waals surface area (Å²) in [6.07, 6.45) is 19.0. The summed E-state index contributed by atoms with van der Waals surface area (Å²) < 4.78 is 0. The number of aliphatic hydroxyl groups excluding tert-OH is 1. The normalized spacial score (nSPS) is 38.0. The van der Waals surface area contributed by atoms with E-state index in [1.165, 1.54) is 70.6 Å². The SMILES string of the molecule is CC(C)[C@H](CCO)CC[C@@H](C)[C@H]1CC=C2C3=C(CC[C@@]21C)[C@@]1(C)CCCC[C@@H]1CC3. The van der Waals surface area contributed by atoms with Gasteiger partial charge in [-0.05, 0) is 109 Å². The van der Waals surface area contributed by atoms with Gasteiger partial charge in [-0.15, -0.1) is 0 Å². The van der Waals surface area contributed by atoms with Gasteiger partial charge in [-0.25, -0.2) is 0 Å². The van der Waals surface area contributed by atoms with Gasteiger partial charge in [-0.1, -0.05) is 65.5 Å². The third-order valence-electron chi connectivity index (χ3n) is 10.5. The maximum Gasteiger partial charge on any atom is 0.0433 e. The Morgan fingerprint density at radius 1 is 0.967 bits per heavy atom. The number of allylic oxidation sites excluding steroid dienone is 4. The molecule has 0 aromatic rings. The average Bonchev–Trinajstić information content (AvgIpc) is 3.07. The molecule has 0 unspecified atom stereocenters. The van der Waals surface area contributed by atoms with Crippen LogP contribution >= 0.6 is 0 Å². The summed E-state index contributed by atoms with van der Waals surface area (Å²) in [6.45, 7) is 12.8. The molecule has 30 heavy (non-hydrogen) atoms. The quantitative estimate of drug-likeness (QED) is 0.448. The van der Waals surface area contributed by atoms with E-state index in [4.69, 9.17) is 0 Å². The minimum atomic E-state index is 0.348. The van der Waals surface area contributed by atoms with Gasteiger partial charge in [0.1, 0.15) is 0 Å². The van der Waals surface area contributed by atoms with E-state index in [0.29, 0.717) is 29.3 Å². The highest BCUT2D eigenvalue weighted by Crippen LogP contribution is 2.64. The Labute approximate surface area is 186 Å². The van der Waals surface area contributed by atoms with Gasteiger partial charge in [0.05, 0.1) is 0 Å². The predicted octanol–water partition coefficient (Wildman–Crippen LogP) is 8.09. The van der Waals surface area contributed by atoms with Crippen LogP contribution in [0.15, 0.2) is 22.8 Å². The molecule has 4 rings (SSSR count). The van der Waals surface area contributed by atoms with Gasteiger partial charge in [0.15, 0.2) is 0 Å². The molecule has 170 valence electrons. The molecular weight excluding hydrogens is 364 g/mol. The van der Waals surface area contributed by atoms with E-state index in [-0.39, 0.29) is 0 Å². The molecular formula is C29H48O. The van der Waals surface area contributed by atoms with Crippen LogP contribution in [0.25, 0.3) is 0 Å². The van der Waals surface area contributed by atoms with Gasteiger partial charge in [-0.3, -0.25) is 0 Å². The Morgan fingerprint density at radius 2 is 1.77 bits per heavy atom. The summed E-state index contributed by atoms with van der Waals surface area (Å²) in [5, 5.41) is 9.46. The molecule has 0 aliphatic heterocycles. The number of hydrogen-bond acceptors (Lipinski definition) is 1. The van der Waals surface area contributed by atoms with Crippen molar-refractivity contribution >= 4 is 0 Å². The number of hydrogen-bond donors (Lipinski definition) is 1. The molecule has 1 fully saturated rings. The lowest BCUT2D eigenvalue weighted by atomic mass is 9.52. The first-order valence-corrected chi connectivity index (χ1v) is 13.4. The zero-order chi connectivity index (χ0) is 21.5. The van der Waals surface area contributed by atoms with Gasteiger partial charge in [0.25, 0.3) is 0 Å². The van der Waals surface area contributed by atoms with Crippen LogP contribution in [-0.2, 0) is 0 Å². The Bertz CT molecular complexity index is 684. The average molecular weight is 413 g/mol. The Balaban J connectivity index is 1.50. The molecule has 0 heterocycles. The summed E-state index contributed by atoms with van der Waals surface area (Å²) in [4.78, 5) is 0. The van der Waals surface area contributed by atoms with Crippen LogP contribution in [0, 0.1) is 40.4 Å². The first kappa shape index (κ1) is 22.6. The third-order valence-corrected chi connectivity index (χ3v) is 10.5. The summed E-state index contributed by atoms with van der Waals surface area (Å²) in [5.41, 5.74) is 6.46. The monoisotopic (exact) mass is 412 g/mol. The summed E-state index contributed by atoms with van der Waals surface area (Å²) in [6, 6.07) is 0. The van der Waals surface area contributed by atoms with Gasteiger partial charge in [-0.2, -0.15) is 0 Å². The van der Waals surface area contributed by atoms with Gasteiger partial charge < -0.3 is 5.11 Å². The second-order valence-electron chi connectivity index (χ2n) is 12.3. The molecule has 1 heteroatoms. The topological polar surface area (TPSA) is 20.2 Å². The molecule has 6 atom stereocenters. The summed E-state index contributed by atoms with van der Waals surface area (Å²) in [7, 11) is 0. The molecule has 0 radical (unpaired) electrons. The van der Waals surface area contributed by atoms with Crippen LogP contribution in [0.5, 0.6) is 0 Å². The molecule has 1 nitrogen and oxygen atoms in total. The van der Waals surface area contributed by atoms with Crippen molar-refractivity contribution in [3.8, 4) is 0 Å². The summed E-state index contributed by atoms with van der Waals surface area (Å²) in [5.74, 6) is 3.94. The van der Waals surface area contributed by atoms with Crippen molar-refractivity contribution in [3.63, 3.8) is 0 Å². The van der Waals surface area contributed by atoms with Crippen molar-refractivity contribution in [1.82, 2.24) is 0 Å². The lowest BCUT2D eigenvalue weighted by molar-refractivity contribution is 0.105. The highest BCUT2D eigenvalue weighted by atomic mass is 16.3. The Kier molecular flexibility index (Phi) is 6.61. The minimum Gasteiger partial charge on any atom is -0.396 e. The zero-order valence-electron chi connectivity index (χ0n) is 20.6. The number of rotatable bonds is 7. The maximum absolute atomic E-state index is 9.46. The molecule has 1 saturated carbocycles. The van der Waals surface area contributed by atoms with Crippen LogP contribution in [0.4, 0.5) is 0 Å². The van der Waals surface area contributed by atoms with E-state index < -0.39 is 0 Å². The summed E-state index contributed by atoms with van der Waals surface area (Å²) >= 11 is 0. The number of fused-ring (bicyclic) bond motifs is 4. The first-order valence-electron chi connectivity index (χ1n) is 13.4. The molecule has 0 amide bonds. The van der Waals surface area contributed by atoms with E-state index in [0.717, 1.165) is 24.2 Å². The van der Waals surface area contributed by atoms with E-state index in [1.807, 2.05) is 11.1 Å². The smallest absolute Gasteiger partial charge is 0.0433 e. The lowest BCUT2D eigenvalue weighted by Gasteiger charge is -2.53. The van der Waals surface area contributed by atoms with Crippen molar-refractivity contribution < 1.29 is 5.11 Å². The second kappa shape index (κ2) is 8.76. The maximum atomic E-state index is 9.46. The molecule has 1 N–H and O–H groups in total. The Hall–Kier alpha value is -0.560. The fourth-order valence-electron chi connectivity index (χ4n) is 8.44. The van der Waals surface area contributed by atoms with Crippen molar-refractivity contribution in [2.45, 2.75) is 112 Å². The van der Waals surface area contributed by atoms with E-state index in [2.05, 4.69) is 40.7 Å². The standard InChI is InChI=1S/C29H48O/c1-20(2)22(16-19-30)10-9-21(3)25-13-14-26-24-12-11-23-8-6-7-17-28(23,4)27(24)15-18-29(25,26)5/h14,20-23,25,30H,6-13,15-19H2,1-5H3/t21-,22+,23-,25-,28+,29-/m1/s1. The van der Waals surface area contributed by atoms with E-state index in [9.17, 15) is 5.11 Å². The van der Waals surface area contributed by atoms with Gasteiger partial charge in [0.2, 0.25) is 0 Å². The molecule has 0 aromatic heterocycles.